The summed E-state index contributed by atoms with van der Waals surface area (Å²) >= 11 is 0. The largest absolute Gasteiger partial charge is 0.756 e. The molecule has 1 saturated heterocycles. The minimum absolute atomic E-state index is 0.115. The molecule has 5 atom stereocenters. The molecule has 0 spiro atoms. The highest BCUT2D eigenvalue weighted by Crippen LogP contribution is 2.45. The quantitative estimate of drug-likeness (QED) is 0.331. The number of phosphoric ester groups is 1. The molecule has 188 valence electrons. The van der Waals surface area contributed by atoms with E-state index in [1.165, 1.54) is 23.9 Å². The van der Waals surface area contributed by atoms with E-state index in [0.717, 1.165) is 10.3 Å². The van der Waals surface area contributed by atoms with Crippen molar-refractivity contribution in [3.8, 4) is 5.69 Å². The number of hydrogen-bond acceptors (Lipinski definition) is 10. The number of rotatable bonds is 9. The van der Waals surface area contributed by atoms with Crippen LogP contribution in [0.3, 0.4) is 0 Å². The molecule has 13 nitrogen and oxygen atoms in total. The molecule has 0 radical (unpaired) electrons. The Hall–Kier alpha value is -2.90. The molecule has 1 fully saturated rings. The number of benzene rings is 1. The van der Waals surface area contributed by atoms with E-state index in [-0.39, 0.29) is 17.7 Å². The summed E-state index contributed by atoms with van der Waals surface area (Å²) in [6, 6.07) is 10.7. The van der Waals surface area contributed by atoms with Gasteiger partial charge in [-0.3, -0.25) is 18.9 Å². The molecule has 14 heteroatoms. The standard InChI is InChI=1S/C21H25N4O9P/c1-13-10-24(21(29)22-20(13)28)19-9-17(18(11-26)33-19)34-35(30,31)32-12-16(27)15-7-8-25(23-15)14-5-3-2-4-6-14/h2-8,10,16-19,26-27H,9,11-12H2,1H3,(H,30,31)(H,22,28,29)/p-1/t16?,17-,18+,19+/m0/s1. The van der Waals surface area contributed by atoms with Crippen LogP contribution in [0.15, 0.2) is 58.4 Å². The monoisotopic (exact) mass is 507 g/mol. The summed E-state index contributed by atoms with van der Waals surface area (Å²) in [4.78, 5) is 38.3. The zero-order valence-corrected chi connectivity index (χ0v) is 19.5. The number of para-hydroxylation sites is 1. The number of hydrogen-bond donors (Lipinski definition) is 3. The van der Waals surface area contributed by atoms with E-state index in [2.05, 4.69) is 10.1 Å². The van der Waals surface area contributed by atoms with Gasteiger partial charge < -0.3 is 28.9 Å². The van der Waals surface area contributed by atoms with Gasteiger partial charge in [-0.05, 0) is 25.1 Å². The maximum absolute atomic E-state index is 12.4. The highest BCUT2D eigenvalue weighted by atomic mass is 31.2. The van der Waals surface area contributed by atoms with Gasteiger partial charge in [0.2, 0.25) is 0 Å². The number of aryl methyl sites for hydroxylation is 1. The average Bonchev–Trinajstić information content (AvgIpc) is 3.48. The number of phosphoric acid groups is 1. The molecular formula is C21H24N4O9P-. The van der Waals surface area contributed by atoms with Gasteiger partial charge in [0, 0.05) is 24.4 Å². The van der Waals surface area contributed by atoms with Crippen molar-refractivity contribution in [2.75, 3.05) is 13.2 Å². The highest BCUT2D eigenvalue weighted by molar-refractivity contribution is 7.45. The van der Waals surface area contributed by atoms with Crippen molar-refractivity contribution in [1.82, 2.24) is 19.3 Å². The van der Waals surface area contributed by atoms with Gasteiger partial charge in [-0.2, -0.15) is 5.10 Å². The Morgan fingerprint density at radius 3 is 2.77 bits per heavy atom. The predicted octanol–water partition coefficient (Wildman–Crippen LogP) is -0.0857. The average molecular weight is 507 g/mol. The molecule has 3 heterocycles. The Kier molecular flexibility index (Phi) is 7.47. The van der Waals surface area contributed by atoms with E-state index >= 15 is 0 Å². The van der Waals surface area contributed by atoms with Crippen molar-refractivity contribution in [2.45, 2.75) is 37.9 Å². The minimum atomic E-state index is -4.95. The van der Waals surface area contributed by atoms with Gasteiger partial charge in [-0.1, -0.05) is 18.2 Å². The van der Waals surface area contributed by atoms with Gasteiger partial charge in [0.15, 0.2) is 0 Å². The summed E-state index contributed by atoms with van der Waals surface area (Å²) in [5.41, 5.74) is -0.103. The van der Waals surface area contributed by atoms with Gasteiger partial charge in [0.25, 0.3) is 13.4 Å². The molecule has 2 aromatic heterocycles. The molecule has 35 heavy (non-hydrogen) atoms. The molecule has 0 aliphatic carbocycles. The number of aromatic amines is 1. The van der Waals surface area contributed by atoms with Crippen LogP contribution >= 0.6 is 7.82 Å². The first kappa shape index (κ1) is 25.2. The Morgan fingerprint density at radius 2 is 2.06 bits per heavy atom. The van der Waals surface area contributed by atoms with Gasteiger partial charge >= 0.3 is 5.69 Å². The molecule has 2 unspecified atom stereocenters. The number of aliphatic hydroxyl groups is 2. The lowest BCUT2D eigenvalue weighted by molar-refractivity contribution is -0.233. The SMILES string of the molecule is Cc1cn([C@H]2C[C@H](OP(=O)([O-])OCC(O)c3ccn(-c4ccccc4)n3)[C@@H](CO)O2)c(=O)[nH]c1=O. The molecule has 0 saturated carbocycles. The van der Waals surface area contributed by atoms with Crippen molar-refractivity contribution in [3.63, 3.8) is 0 Å². The third-order valence-corrected chi connectivity index (χ3v) is 6.44. The van der Waals surface area contributed by atoms with Gasteiger partial charge in [-0.25, -0.2) is 9.48 Å². The summed E-state index contributed by atoms with van der Waals surface area (Å²) in [5.74, 6) is 0. The summed E-state index contributed by atoms with van der Waals surface area (Å²) in [6.45, 7) is 0.263. The van der Waals surface area contributed by atoms with Crippen LogP contribution in [0.25, 0.3) is 5.69 Å². The topological polar surface area (TPSA) is 181 Å². The lowest BCUT2D eigenvalue weighted by atomic mass is 10.2. The normalized spacial score (nSPS) is 22.7. The van der Waals surface area contributed by atoms with Crippen LogP contribution in [0.2, 0.25) is 0 Å². The fraction of sp³-hybridized carbons (Fsp3) is 0.381. The lowest BCUT2D eigenvalue weighted by Crippen LogP contribution is -2.33. The van der Waals surface area contributed by atoms with Crippen molar-refractivity contribution in [1.29, 1.82) is 0 Å². The van der Waals surface area contributed by atoms with E-state index in [1.54, 1.807) is 6.20 Å². The molecule has 0 bridgehead atoms. The molecule has 1 aliphatic heterocycles. The fourth-order valence-electron chi connectivity index (χ4n) is 3.63. The molecule has 3 aromatic rings. The first-order valence-corrected chi connectivity index (χ1v) is 12.1. The Labute approximate surface area is 198 Å². The van der Waals surface area contributed by atoms with Crippen LogP contribution < -0.4 is 16.1 Å². The van der Waals surface area contributed by atoms with Crippen molar-refractivity contribution < 1.29 is 33.5 Å². The minimum Gasteiger partial charge on any atom is -0.756 e. The second-order valence-corrected chi connectivity index (χ2v) is 9.31. The Balaban J connectivity index is 1.38. The van der Waals surface area contributed by atoms with Gasteiger partial charge in [0.1, 0.15) is 18.4 Å². The van der Waals surface area contributed by atoms with Crippen molar-refractivity contribution in [3.05, 3.63) is 80.9 Å². The molecule has 0 amide bonds. The number of ether oxygens (including phenoxy) is 1. The molecule has 1 aromatic carbocycles. The number of nitrogens with zero attached hydrogens (tertiary/aromatic N) is 3. The number of aliphatic hydroxyl groups excluding tert-OH is 2. The van der Waals surface area contributed by atoms with E-state index in [0.29, 0.717) is 0 Å². The third-order valence-electron chi connectivity index (χ3n) is 5.44. The van der Waals surface area contributed by atoms with Gasteiger partial charge in [-0.15, -0.1) is 0 Å². The zero-order valence-electron chi connectivity index (χ0n) is 18.6. The summed E-state index contributed by atoms with van der Waals surface area (Å²) in [6.07, 6.45) is -1.79. The van der Waals surface area contributed by atoms with Crippen LogP contribution in [-0.4, -0.2) is 55.0 Å². The van der Waals surface area contributed by atoms with Crippen LogP contribution in [0.4, 0.5) is 0 Å². The second kappa shape index (κ2) is 10.4. The van der Waals surface area contributed by atoms with Crippen molar-refractivity contribution in [2.24, 2.45) is 0 Å². The molecule has 1 aliphatic rings. The van der Waals surface area contributed by atoms with Crippen LogP contribution in [0.1, 0.15) is 30.0 Å². The number of nitrogens with one attached hydrogen (secondary N) is 1. The van der Waals surface area contributed by atoms with E-state index in [9.17, 15) is 29.3 Å². The Bertz CT molecular complexity index is 1320. The zero-order chi connectivity index (χ0) is 25.2. The predicted molar refractivity (Wildman–Crippen MR) is 119 cm³/mol. The van der Waals surface area contributed by atoms with E-state index in [1.807, 2.05) is 30.3 Å². The Morgan fingerprint density at radius 1 is 1.31 bits per heavy atom. The fourth-order valence-corrected chi connectivity index (χ4v) is 4.57. The van der Waals surface area contributed by atoms with Crippen LogP contribution in [0.5, 0.6) is 0 Å². The van der Waals surface area contributed by atoms with E-state index < -0.39 is 56.8 Å². The van der Waals surface area contributed by atoms with E-state index in [4.69, 9.17) is 13.8 Å². The first-order valence-electron chi connectivity index (χ1n) is 10.7. The second-order valence-electron chi connectivity index (χ2n) is 7.95. The third kappa shape index (κ3) is 5.85. The summed E-state index contributed by atoms with van der Waals surface area (Å²) < 4.78 is 30.5. The maximum Gasteiger partial charge on any atom is 0.330 e. The van der Waals surface area contributed by atoms with Gasteiger partial charge in [0.05, 0.1) is 30.7 Å². The maximum atomic E-state index is 12.4. The van der Waals surface area contributed by atoms with Crippen LogP contribution in [-0.2, 0) is 18.3 Å². The first-order chi connectivity index (χ1) is 16.7. The number of aromatic nitrogens is 4. The van der Waals surface area contributed by atoms with Crippen molar-refractivity contribution >= 4 is 7.82 Å². The summed E-state index contributed by atoms with van der Waals surface area (Å²) in [7, 11) is -4.95. The molecule has 3 N–H and O–H groups in total. The highest BCUT2D eigenvalue weighted by Gasteiger charge is 2.39. The molecular weight excluding hydrogens is 483 g/mol. The molecule has 4 rings (SSSR count). The van der Waals surface area contributed by atoms with Crippen LogP contribution in [0, 0.1) is 6.92 Å². The lowest BCUT2D eigenvalue weighted by Gasteiger charge is -2.28. The number of H-pyrrole nitrogens is 1. The smallest absolute Gasteiger partial charge is 0.330 e. The summed E-state index contributed by atoms with van der Waals surface area (Å²) in [5, 5.41) is 24.1.